The zero-order valence-electron chi connectivity index (χ0n) is 14.6. The molecule has 1 aromatic heterocycles. The van der Waals surface area contributed by atoms with E-state index in [1.54, 1.807) is 24.3 Å². The summed E-state index contributed by atoms with van der Waals surface area (Å²) in [5, 5.41) is 6.74. The lowest BCUT2D eigenvalue weighted by molar-refractivity contribution is -0.116. The summed E-state index contributed by atoms with van der Waals surface area (Å²) in [6.45, 7) is 2.86. The molecular weight excluding hydrogens is 415 g/mol. The van der Waals surface area contributed by atoms with Crippen LogP contribution < -0.4 is 15.4 Å². The van der Waals surface area contributed by atoms with Crippen LogP contribution in [0.25, 0.3) is 10.9 Å². The summed E-state index contributed by atoms with van der Waals surface area (Å²) in [7, 11) is 0. The van der Waals surface area contributed by atoms with E-state index in [2.05, 4.69) is 36.5 Å². The maximum atomic E-state index is 14.1. The number of rotatable bonds is 8. The SMILES string of the molecule is CC(=O)CNCCOc1ccc2c(Nc3ccc(Br)cc3F)ncnc2c1. The van der Waals surface area contributed by atoms with Crippen molar-refractivity contribution in [2.75, 3.05) is 25.0 Å². The minimum atomic E-state index is -0.380. The van der Waals surface area contributed by atoms with Crippen LogP contribution in [-0.2, 0) is 4.79 Å². The van der Waals surface area contributed by atoms with Crippen molar-refractivity contribution in [1.29, 1.82) is 0 Å². The number of ketones is 1. The van der Waals surface area contributed by atoms with Crippen molar-refractivity contribution in [2.45, 2.75) is 6.92 Å². The molecule has 0 aliphatic rings. The molecule has 0 bridgehead atoms. The van der Waals surface area contributed by atoms with Gasteiger partial charge in [-0.05, 0) is 37.3 Å². The fourth-order valence-electron chi connectivity index (χ4n) is 2.45. The minimum absolute atomic E-state index is 0.0830. The van der Waals surface area contributed by atoms with Crippen molar-refractivity contribution in [1.82, 2.24) is 15.3 Å². The Balaban J connectivity index is 1.72. The average molecular weight is 433 g/mol. The molecule has 140 valence electrons. The molecule has 0 spiro atoms. The highest BCUT2D eigenvalue weighted by molar-refractivity contribution is 9.10. The number of anilines is 2. The van der Waals surface area contributed by atoms with E-state index in [0.29, 0.717) is 46.9 Å². The van der Waals surface area contributed by atoms with E-state index in [9.17, 15) is 9.18 Å². The van der Waals surface area contributed by atoms with Gasteiger partial charge in [-0.3, -0.25) is 4.79 Å². The Morgan fingerprint density at radius 2 is 2.07 bits per heavy atom. The topological polar surface area (TPSA) is 76.1 Å². The van der Waals surface area contributed by atoms with Crippen molar-refractivity contribution >= 4 is 44.1 Å². The van der Waals surface area contributed by atoms with Gasteiger partial charge in [-0.25, -0.2) is 14.4 Å². The molecule has 0 saturated heterocycles. The van der Waals surface area contributed by atoms with Gasteiger partial charge in [-0.2, -0.15) is 0 Å². The highest BCUT2D eigenvalue weighted by Crippen LogP contribution is 2.28. The third kappa shape index (κ3) is 5.21. The summed E-state index contributed by atoms with van der Waals surface area (Å²) in [6, 6.07) is 10.2. The monoisotopic (exact) mass is 432 g/mol. The molecule has 1 heterocycles. The fraction of sp³-hybridized carbons (Fsp3) is 0.211. The first kappa shape index (κ1) is 19.2. The van der Waals surface area contributed by atoms with Gasteiger partial charge in [0.25, 0.3) is 0 Å². The number of carbonyl (C=O) groups excluding carboxylic acids is 1. The van der Waals surface area contributed by atoms with Gasteiger partial charge >= 0.3 is 0 Å². The maximum Gasteiger partial charge on any atom is 0.147 e. The third-order valence-corrected chi connectivity index (χ3v) is 4.21. The van der Waals surface area contributed by atoms with E-state index in [1.165, 1.54) is 19.3 Å². The molecule has 0 radical (unpaired) electrons. The number of nitrogens with zero attached hydrogens (tertiary/aromatic N) is 2. The van der Waals surface area contributed by atoms with Crippen molar-refractivity contribution in [3.8, 4) is 5.75 Å². The molecule has 3 rings (SSSR count). The molecule has 0 saturated carbocycles. The molecule has 2 aromatic carbocycles. The summed E-state index contributed by atoms with van der Waals surface area (Å²) >= 11 is 3.24. The number of fused-ring (bicyclic) bond motifs is 1. The van der Waals surface area contributed by atoms with Crippen molar-refractivity contribution in [3.63, 3.8) is 0 Å². The van der Waals surface area contributed by atoms with E-state index in [0.717, 1.165) is 5.39 Å². The van der Waals surface area contributed by atoms with Crippen LogP contribution in [0.4, 0.5) is 15.9 Å². The van der Waals surface area contributed by atoms with Crippen LogP contribution in [0.3, 0.4) is 0 Å². The van der Waals surface area contributed by atoms with Crippen LogP contribution >= 0.6 is 15.9 Å². The third-order valence-electron chi connectivity index (χ3n) is 3.71. The number of ether oxygens (including phenoxy) is 1. The number of hydrogen-bond acceptors (Lipinski definition) is 6. The lowest BCUT2D eigenvalue weighted by atomic mass is 10.2. The Labute approximate surface area is 164 Å². The van der Waals surface area contributed by atoms with Gasteiger partial charge in [-0.1, -0.05) is 15.9 Å². The van der Waals surface area contributed by atoms with E-state index in [1.807, 2.05) is 6.07 Å². The number of halogens is 2. The lowest BCUT2D eigenvalue weighted by Gasteiger charge is -2.11. The first-order chi connectivity index (χ1) is 13.0. The van der Waals surface area contributed by atoms with E-state index >= 15 is 0 Å². The van der Waals surface area contributed by atoms with Gasteiger partial charge in [0.1, 0.15) is 36.1 Å². The Bertz CT molecular complexity index is 968. The zero-order chi connectivity index (χ0) is 19.2. The van der Waals surface area contributed by atoms with Gasteiger partial charge < -0.3 is 15.4 Å². The molecular formula is C19H18BrFN4O2. The standard InChI is InChI=1S/C19H18BrFN4O2/c1-12(26)10-22-6-7-27-14-3-4-15-18(9-14)23-11-24-19(15)25-17-5-2-13(20)8-16(17)21/h2-5,8-9,11,22H,6-7,10H2,1H3,(H,23,24,25). The Morgan fingerprint density at radius 1 is 1.22 bits per heavy atom. The predicted molar refractivity (Wildman–Crippen MR) is 106 cm³/mol. The number of nitrogens with one attached hydrogen (secondary N) is 2. The Hall–Kier alpha value is -2.58. The molecule has 0 aliphatic heterocycles. The highest BCUT2D eigenvalue weighted by atomic mass is 79.9. The molecule has 3 aromatic rings. The van der Waals surface area contributed by atoms with Crippen molar-refractivity contribution < 1.29 is 13.9 Å². The van der Waals surface area contributed by atoms with Crippen LogP contribution in [0.5, 0.6) is 5.75 Å². The molecule has 27 heavy (non-hydrogen) atoms. The van der Waals surface area contributed by atoms with Gasteiger partial charge in [0.15, 0.2) is 0 Å². The molecule has 0 fully saturated rings. The van der Waals surface area contributed by atoms with Crippen LogP contribution in [0.2, 0.25) is 0 Å². The summed E-state index contributed by atoms with van der Waals surface area (Å²) in [5.74, 6) is 0.872. The van der Waals surface area contributed by atoms with E-state index < -0.39 is 0 Å². The number of hydrogen-bond donors (Lipinski definition) is 2. The first-order valence-corrected chi connectivity index (χ1v) is 9.12. The summed E-state index contributed by atoms with van der Waals surface area (Å²) < 4.78 is 20.4. The number of aromatic nitrogens is 2. The van der Waals surface area contributed by atoms with Gasteiger partial charge in [0.05, 0.1) is 17.7 Å². The van der Waals surface area contributed by atoms with Crippen molar-refractivity contribution in [2.24, 2.45) is 0 Å². The van der Waals surface area contributed by atoms with Gasteiger partial charge in [-0.15, -0.1) is 0 Å². The fourth-order valence-corrected chi connectivity index (χ4v) is 2.78. The molecule has 0 atom stereocenters. The quantitative estimate of drug-likeness (QED) is 0.526. The summed E-state index contributed by atoms with van der Waals surface area (Å²) in [5.41, 5.74) is 1.01. The maximum absolute atomic E-state index is 14.1. The highest BCUT2D eigenvalue weighted by Gasteiger charge is 2.09. The van der Waals surface area contributed by atoms with Crippen LogP contribution in [0.1, 0.15) is 6.92 Å². The van der Waals surface area contributed by atoms with E-state index in [4.69, 9.17) is 4.74 Å². The molecule has 2 N–H and O–H groups in total. The lowest BCUT2D eigenvalue weighted by Crippen LogP contribution is -2.25. The Morgan fingerprint density at radius 3 is 2.85 bits per heavy atom. The van der Waals surface area contributed by atoms with Crippen LogP contribution in [0.15, 0.2) is 47.2 Å². The summed E-state index contributed by atoms with van der Waals surface area (Å²) in [6.07, 6.45) is 1.42. The molecule has 0 unspecified atom stereocenters. The smallest absolute Gasteiger partial charge is 0.147 e. The average Bonchev–Trinajstić information content (AvgIpc) is 2.63. The summed E-state index contributed by atoms with van der Waals surface area (Å²) in [4.78, 5) is 19.3. The number of Topliss-reactive ketones (excluding diaryl/α,β-unsaturated/α-hetero) is 1. The van der Waals surface area contributed by atoms with Crippen molar-refractivity contribution in [3.05, 3.63) is 53.0 Å². The molecule has 0 amide bonds. The Kier molecular flexibility index (Phi) is 6.31. The number of benzene rings is 2. The largest absolute Gasteiger partial charge is 0.492 e. The second-order valence-corrected chi connectivity index (χ2v) is 6.79. The normalized spacial score (nSPS) is 10.8. The van der Waals surface area contributed by atoms with Crippen LogP contribution in [-0.4, -0.2) is 35.4 Å². The second kappa shape index (κ2) is 8.88. The molecule has 6 nitrogen and oxygen atoms in total. The number of carbonyl (C=O) groups is 1. The molecule has 0 aliphatic carbocycles. The van der Waals surface area contributed by atoms with E-state index in [-0.39, 0.29) is 11.6 Å². The minimum Gasteiger partial charge on any atom is -0.492 e. The predicted octanol–water partition coefficient (Wildman–Crippen LogP) is 3.83. The molecule has 8 heteroatoms. The first-order valence-electron chi connectivity index (χ1n) is 8.33. The second-order valence-electron chi connectivity index (χ2n) is 5.88. The zero-order valence-corrected chi connectivity index (χ0v) is 16.2. The van der Waals surface area contributed by atoms with Gasteiger partial charge in [0.2, 0.25) is 0 Å². The van der Waals surface area contributed by atoms with Crippen LogP contribution in [0, 0.1) is 5.82 Å². The van der Waals surface area contributed by atoms with Gasteiger partial charge in [0, 0.05) is 22.5 Å².